The Balaban J connectivity index is 1.55. The summed E-state index contributed by atoms with van der Waals surface area (Å²) in [5, 5.41) is 0. The maximum atomic E-state index is 14.8. The van der Waals surface area contributed by atoms with E-state index in [0.29, 0.717) is 56.8 Å². The first kappa shape index (κ1) is 25.4. The molecule has 1 amide bonds. The number of halogens is 3. The van der Waals surface area contributed by atoms with Gasteiger partial charge in [-0.2, -0.15) is 16.1 Å². The molecule has 0 bridgehead atoms. The van der Waals surface area contributed by atoms with Gasteiger partial charge >= 0.3 is 6.09 Å². The van der Waals surface area contributed by atoms with Gasteiger partial charge in [-0.25, -0.2) is 26.4 Å². The van der Waals surface area contributed by atoms with Crippen LogP contribution in [-0.4, -0.2) is 60.0 Å². The van der Waals surface area contributed by atoms with E-state index in [1.807, 2.05) is 0 Å². The van der Waals surface area contributed by atoms with E-state index in [-0.39, 0.29) is 0 Å². The van der Waals surface area contributed by atoms with Crippen LogP contribution in [0.15, 0.2) is 47.4 Å². The number of amides is 1. The summed E-state index contributed by atoms with van der Waals surface area (Å²) in [4.78, 5) is 14.0. The number of sulfonamides is 1. The summed E-state index contributed by atoms with van der Waals surface area (Å²) in [5.74, 6) is -1.01. The highest BCUT2D eigenvalue weighted by Gasteiger charge is 2.60. The molecule has 2 aliphatic heterocycles. The van der Waals surface area contributed by atoms with Crippen LogP contribution in [0.1, 0.15) is 43.7 Å². The second kappa shape index (κ2) is 9.90. The Morgan fingerprint density at radius 1 is 1.00 bits per heavy atom. The highest BCUT2D eigenvalue weighted by molar-refractivity contribution is 7.99. The van der Waals surface area contributed by atoms with Gasteiger partial charge in [0.25, 0.3) is 0 Å². The number of benzene rings is 2. The van der Waals surface area contributed by atoms with Gasteiger partial charge in [-0.1, -0.05) is 12.1 Å². The molecule has 5 rings (SSSR count). The van der Waals surface area contributed by atoms with Crippen LogP contribution >= 0.6 is 11.8 Å². The Morgan fingerprint density at radius 3 is 2.39 bits per heavy atom. The number of carbonyl (C=O) groups is 1. The van der Waals surface area contributed by atoms with Crippen LogP contribution in [0.3, 0.4) is 0 Å². The molecule has 1 saturated carbocycles. The number of rotatable bonds is 5. The number of hydrogen-bond donors (Lipinski definition) is 0. The maximum Gasteiger partial charge on any atom is 0.410 e. The molecule has 3 aliphatic rings. The molecule has 0 N–H and O–H groups in total. The normalized spacial score (nSPS) is 24.4. The third-order valence-electron chi connectivity index (χ3n) is 7.16. The summed E-state index contributed by atoms with van der Waals surface area (Å²) < 4.78 is 77.7. The van der Waals surface area contributed by atoms with E-state index >= 15 is 0 Å². The van der Waals surface area contributed by atoms with Crippen LogP contribution < -0.4 is 0 Å². The minimum atomic E-state index is -4.51. The Labute approximate surface area is 212 Å². The Kier molecular flexibility index (Phi) is 6.99. The fraction of sp³-hybridized carbons (Fsp3) is 0.480. The van der Waals surface area contributed by atoms with Crippen molar-refractivity contribution in [1.29, 1.82) is 0 Å². The lowest BCUT2D eigenvalue weighted by atomic mass is 9.90. The second-order valence-corrected chi connectivity index (χ2v) is 12.5. The molecule has 0 radical (unpaired) electrons. The van der Waals surface area contributed by atoms with E-state index in [4.69, 9.17) is 4.74 Å². The molecule has 2 aromatic rings. The number of piperidine rings is 1. The largest absolute Gasteiger partial charge is 0.441 e. The molecule has 2 aromatic carbocycles. The monoisotopic (exact) mass is 540 g/mol. The summed E-state index contributed by atoms with van der Waals surface area (Å²) in [6, 6.07) is 6.45. The van der Waals surface area contributed by atoms with E-state index < -0.39 is 56.1 Å². The van der Waals surface area contributed by atoms with E-state index in [2.05, 4.69) is 0 Å². The number of hydrogen-bond acceptors (Lipinski definition) is 5. The molecule has 6 nitrogen and oxygen atoms in total. The molecule has 2 saturated heterocycles. The minimum absolute atomic E-state index is 0.384. The smallest absolute Gasteiger partial charge is 0.410 e. The van der Waals surface area contributed by atoms with Crippen molar-refractivity contribution in [1.82, 2.24) is 9.21 Å². The van der Waals surface area contributed by atoms with E-state index in [9.17, 15) is 26.4 Å². The molecule has 3 fully saturated rings. The summed E-state index contributed by atoms with van der Waals surface area (Å²) in [7, 11) is -4.51. The van der Waals surface area contributed by atoms with Crippen LogP contribution in [0.4, 0.5) is 18.0 Å². The average molecular weight is 541 g/mol. The van der Waals surface area contributed by atoms with E-state index in [1.54, 1.807) is 22.7 Å². The quantitative estimate of drug-likeness (QED) is 0.528. The van der Waals surface area contributed by atoms with Gasteiger partial charge in [0.15, 0.2) is 0 Å². The molecular weight excluding hydrogens is 513 g/mol. The number of ether oxygens (including phenoxy) is 1. The van der Waals surface area contributed by atoms with Gasteiger partial charge in [-0.3, -0.25) is 0 Å². The van der Waals surface area contributed by atoms with Crippen molar-refractivity contribution in [3.05, 3.63) is 65.5 Å². The lowest BCUT2D eigenvalue weighted by Gasteiger charge is -2.44. The van der Waals surface area contributed by atoms with Crippen molar-refractivity contribution in [3.63, 3.8) is 0 Å². The first-order valence-corrected chi connectivity index (χ1v) is 14.6. The first-order chi connectivity index (χ1) is 17.2. The van der Waals surface area contributed by atoms with Gasteiger partial charge in [0.05, 0.1) is 12.1 Å². The lowest BCUT2D eigenvalue weighted by Crippen LogP contribution is -2.54. The molecule has 0 spiro atoms. The zero-order chi connectivity index (χ0) is 25.5. The van der Waals surface area contributed by atoms with Crippen LogP contribution in [0.2, 0.25) is 0 Å². The van der Waals surface area contributed by atoms with Crippen molar-refractivity contribution in [3.8, 4) is 0 Å². The van der Waals surface area contributed by atoms with Gasteiger partial charge in [0.1, 0.15) is 27.9 Å². The highest BCUT2D eigenvalue weighted by Crippen LogP contribution is 2.52. The van der Waals surface area contributed by atoms with Gasteiger partial charge in [-0.15, -0.1) is 0 Å². The zero-order valence-corrected chi connectivity index (χ0v) is 21.2. The van der Waals surface area contributed by atoms with E-state index in [0.717, 1.165) is 23.6 Å². The van der Waals surface area contributed by atoms with Crippen molar-refractivity contribution < 1.29 is 31.1 Å². The summed E-state index contributed by atoms with van der Waals surface area (Å²) in [6.45, 7) is 1.11. The summed E-state index contributed by atoms with van der Waals surface area (Å²) in [5.41, 5.74) is -0.613. The summed E-state index contributed by atoms with van der Waals surface area (Å²) in [6.07, 6.45) is 1.86. The van der Waals surface area contributed by atoms with Crippen LogP contribution in [0.25, 0.3) is 0 Å². The van der Waals surface area contributed by atoms with Crippen molar-refractivity contribution in [2.24, 2.45) is 0 Å². The minimum Gasteiger partial charge on any atom is -0.441 e. The summed E-state index contributed by atoms with van der Waals surface area (Å²) >= 11 is 1.75. The predicted molar refractivity (Wildman–Crippen MR) is 130 cm³/mol. The molecule has 11 heteroatoms. The first-order valence-electron chi connectivity index (χ1n) is 12.0. The fourth-order valence-corrected chi connectivity index (χ4v) is 8.11. The molecule has 194 valence electrons. The predicted octanol–water partition coefficient (Wildman–Crippen LogP) is 5.11. The number of carbonyl (C=O) groups excluding carboxylic acids is 1. The Hall–Kier alpha value is -2.24. The Morgan fingerprint density at radius 2 is 1.72 bits per heavy atom. The average Bonchev–Trinajstić information content (AvgIpc) is 3.64. The van der Waals surface area contributed by atoms with Gasteiger partial charge in [0.2, 0.25) is 10.0 Å². The zero-order valence-electron chi connectivity index (χ0n) is 19.5. The number of nitrogens with zero attached hydrogens (tertiary/aromatic N) is 2. The van der Waals surface area contributed by atoms with Crippen molar-refractivity contribution in [2.75, 3.05) is 24.6 Å². The molecule has 36 heavy (non-hydrogen) atoms. The van der Waals surface area contributed by atoms with Crippen molar-refractivity contribution >= 4 is 27.9 Å². The molecule has 0 unspecified atom stereocenters. The molecule has 2 atom stereocenters. The van der Waals surface area contributed by atoms with E-state index in [1.165, 1.54) is 22.5 Å². The molecule has 1 aliphatic carbocycles. The van der Waals surface area contributed by atoms with Crippen LogP contribution in [-0.2, 0) is 14.8 Å². The third kappa shape index (κ3) is 4.84. The van der Waals surface area contributed by atoms with Crippen molar-refractivity contribution in [2.45, 2.75) is 54.7 Å². The molecule has 2 heterocycles. The number of thioether (sulfide) groups is 1. The lowest BCUT2D eigenvalue weighted by molar-refractivity contribution is -0.00755. The second-order valence-electron chi connectivity index (χ2n) is 9.46. The Bertz CT molecular complexity index is 1250. The van der Waals surface area contributed by atoms with Gasteiger partial charge in [-0.05, 0) is 61.9 Å². The van der Waals surface area contributed by atoms with Gasteiger partial charge in [0, 0.05) is 30.7 Å². The highest BCUT2D eigenvalue weighted by atomic mass is 32.2. The maximum absolute atomic E-state index is 14.8. The SMILES string of the molecule is O=C(OC1([C@H]2CCC[C@@H](c3cccc(F)c3)N2S(=O)(=O)c2ccc(F)cc2F)CC1)N1CCSCC1. The van der Waals surface area contributed by atoms with Crippen LogP contribution in [0.5, 0.6) is 0 Å². The molecular formula is C25H27F3N2O4S2. The third-order valence-corrected chi connectivity index (χ3v) is 10.1. The molecule has 0 aromatic heterocycles. The van der Waals surface area contributed by atoms with Crippen LogP contribution in [0, 0.1) is 17.5 Å². The fourth-order valence-electron chi connectivity index (χ4n) is 5.24. The topological polar surface area (TPSA) is 66.9 Å². The van der Waals surface area contributed by atoms with Gasteiger partial charge < -0.3 is 9.64 Å². The standard InChI is InChI=1S/C25H27F3N2O4S2/c26-18-4-1-3-17(15-18)21-5-2-6-23(25(9-10-25)34-24(31)29-11-13-35-14-12-29)30(21)36(32,33)22-8-7-19(27)16-20(22)28/h1,3-4,7-8,15-16,21,23H,2,5-6,9-14H2/t21-,23+/m0/s1.